The lowest BCUT2D eigenvalue weighted by atomic mass is 9.99. The topological polar surface area (TPSA) is 44.5 Å². The van der Waals surface area contributed by atoms with Crippen LogP contribution in [0.15, 0.2) is 41.3 Å². The number of rotatable bonds is 3. The Bertz CT molecular complexity index is 663. The van der Waals surface area contributed by atoms with Crippen molar-refractivity contribution in [1.82, 2.24) is 0 Å². The van der Waals surface area contributed by atoms with Crippen molar-refractivity contribution < 1.29 is 9.47 Å². The smallest absolute Gasteiger partial charge is 0.162 e. The first kappa shape index (κ1) is 14.6. The van der Waals surface area contributed by atoms with Crippen molar-refractivity contribution in [3.8, 4) is 11.5 Å². The highest BCUT2D eigenvalue weighted by molar-refractivity contribution is 7.98. The fourth-order valence-corrected chi connectivity index (χ4v) is 3.33. The van der Waals surface area contributed by atoms with E-state index in [-0.39, 0.29) is 6.04 Å². The normalized spacial score (nSPS) is 14.8. The minimum absolute atomic E-state index is 0.294. The van der Waals surface area contributed by atoms with Crippen LogP contribution >= 0.6 is 23.4 Å². The van der Waals surface area contributed by atoms with E-state index in [1.807, 2.05) is 30.5 Å². The first-order valence-corrected chi connectivity index (χ1v) is 8.28. The van der Waals surface area contributed by atoms with Crippen LogP contribution < -0.4 is 15.2 Å². The molecule has 2 N–H and O–H groups in total. The molecular formula is C16H16ClNO2S. The third kappa shape index (κ3) is 2.84. The molecule has 0 aliphatic carbocycles. The van der Waals surface area contributed by atoms with Gasteiger partial charge in [-0.15, -0.1) is 11.8 Å². The van der Waals surface area contributed by atoms with E-state index in [0.29, 0.717) is 29.7 Å². The van der Waals surface area contributed by atoms with Crippen molar-refractivity contribution in [3.63, 3.8) is 0 Å². The number of hydrogen-bond acceptors (Lipinski definition) is 4. The SMILES string of the molecule is CSc1ccccc1C(N)c1cc2c(cc1Cl)OCCO2. The zero-order valence-electron chi connectivity index (χ0n) is 11.6. The molecule has 5 heteroatoms. The Morgan fingerprint density at radius 2 is 1.76 bits per heavy atom. The fraction of sp³-hybridized carbons (Fsp3) is 0.250. The van der Waals surface area contributed by atoms with Gasteiger partial charge in [0.15, 0.2) is 11.5 Å². The summed E-state index contributed by atoms with van der Waals surface area (Å²) < 4.78 is 11.2. The molecule has 0 amide bonds. The van der Waals surface area contributed by atoms with E-state index in [1.165, 1.54) is 0 Å². The lowest BCUT2D eigenvalue weighted by molar-refractivity contribution is 0.171. The van der Waals surface area contributed by atoms with Crippen molar-refractivity contribution in [2.45, 2.75) is 10.9 Å². The second-order valence-electron chi connectivity index (χ2n) is 4.74. The van der Waals surface area contributed by atoms with Crippen LogP contribution in [-0.4, -0.2) is 19.5 Å². The minimum atomic E-state index is -0.294. The zero-order chi connectivity index (χ0) is 14.8. The lowest BCUT2D eigenvalue weighted by Gasteiger charge is -2.22. The molecule has 2 aromatic carbocycles. The van der Waals surface area contributed by atoms with E-state index < -0.39 is 0 Å². The largest absolute Gasteiger partial charge is 0.486 e. The Balaban J connectivity index is 2.03. The predicted octanol–water partition coefficient (Wildman–Crippen LogP) is 3.88. The number of benzene rings is 2. The molecule has 0 radical (unpaired) electrons. The van der Waals surface area contributed by atoms with Crippen molar-refractivity contribution in [2.75, 3.05) is 19.5 Å². The molecule has 3 nitrogen and oxygen atoms in total. The molecule has 21 heavy (non-hydrogen) atoms. The molecule has 0 fully saturated rings. The van der Waals surface area contributed by atoms with E-state index in [4.69, 9.17) is 26.8 Å². The summed E-state index contributed by atoms with van der Waals surface area (Å²) in [5, 5.41) is 0.600. The van der Waals surface area contributed by atoms with E-state index >= 15 is 0 Å². The van der Waals surface area contributed by atoms with Crippen LogP contribution in [0.5, 0.6) is 11.5 Å². The molecule has 0 bridgehead atoms. The van der Waals surface area contributed by atoms with Crippen LogP contribution in [0.1, 0.15) is 17.2 Å². The van der Waals surface area contributed by atoms with Crippen molar-refractivity contribution >= 4 is 23.4 Å². The van der Waals surface area contributed by atoms with E-state index in [2.05, 4.69) is 6.07 Å². The number of nitrogens with two attached hydrogens (primary N) is 1. The highest BCUT2D eigenvalue weighted by Gasteiger charge is 2.20. The van der Waals surface area contributed by atoms with Gasteiger partial charge in [-0.1, -0.05) is 29.8 Å². The maximum Gasteiger partial charge on any atom is 0.162 e. The van der Waals surface area contributed by atoms with Gasteiger partial charge in [0, 0.05) is 16.0 Å². The standard InChI is InChI=1S/C16H16ClNO2S/c1-21-15-5-3-2-4-10(15)16(18)11-8-13-14(9-12(11)17)20-7-6-19-13/h2-5,8-9,16H,6-7,18H2,1H3. The summed E-state index contributed by atoms with van der Waals surface area (Å²) >= 11 is 8.05. The van der Waals surface area contributed by atoms with Gasteiger partial charge in [-0.3, -0.25) is 0 Å². The Morgan fingerprint density at radius 1 is 1.10 bits per heavy atom. The molecule has 1 aliphatic heterocycles. The Hall–Kier alpha value is -1.36. The first-order valence-electron chi connectivity index (χ1n) is 6.68. The predicted molar refractivity (Wildman–Crippen MR) is 86.7 cm³/mol. The number of halogens is 1. The molecule has 110 valence electrons. The van der Waals surface area contributed by atoms with Gasteiger partial charge in [0.25, 0.3) is 0 Å². The zero-order valence-corrected chi connectivity index (χ0v) is 13.2. The van der Waals surface area contributed by atoms with Gasteiger partial charge in [-0.25, -0.2) is 0 Å². The summed E-state index contributed by atoms with van der Waals surface area (Å²) in [4.78, 5) is 1.15. The minimum Gasteiger partial charge on any atom is -0.486 e. The van der Waals surface area contributed by atoms with Crippen LogP contribution in [0, 0.1) is 0 Å². The number of thioether (sulfide) groups is 1. The highest BCUT2D eigenvalue weighted by Crippen LogP contribution is 2.39. The number of ether oxygens (including phenoxy) is 2. The van der Waals surface area contributed by atoms with E-state index in [9.17, 15) is 0 Å². The third-order valence-electron chi connectivity index (χ3n) is 3.47. The third-order valence-corrected chi connectivity index (χ3v) is 4.61. The maximum atomic E-state index is 6.43. The van der Waals surface area contributed by atoms with Gasteiger partial charge in [0.1, 0.15) is 13.2 Å². The molecule has 1 heterocycles. The van der Waals surface area contributed by atoms with Gasteiger partial charge in [0.05, 0.1) is 6.04 Å². The fourth-order valence-electron chi connectivity index (χ4n) is 2.41. The van der Waals surface area contributed by atoms with Crippen molar-refractivity contribution in [2.24, 2.45) is 5.73 Å². The molecule has 1 atom stereocenters. The molecule has 2 aromatic rings. The summed E-state index contributed by atoms with van der Waals surface area (Å²) in [7, 11) is 0. The van der Waals surface area contributed by atoms with Crippen molar-refractivity contribution in [3.05, 3.63) is 52.5 Å². The molecular weight excluding hydrogens is 306 g/mol. The van der Waals surface area contributed by atoms with Crippen LogP contribution in [0.2, 0.25) is 5.02 Å². The van der Waals surface area contributed by atoms with Crippen molar-refractivity contribution in [1.29, 1.82) is 0 Å². The number of fused-ring (bicyclic) bond motifs is 1. The highest BCUT2D eigenvalue weighted by atomic mass is 35.5. The monoisotopic (exact) mass is 321 g/mol. The second-order valence-corrected chi connectivity index (χ2v) is 5.99. The first-order chi connectivity index (χ1) is 10.2. The molecule has 3 rings (SSSR count). The van der Waals surface area contributed by atoms with E-state index in [0.717, 1.165) is 16.0 Å². The Morgan fingerprint density at radius 3 is 2.48 bits per heavy atom. The quantitative estimate of drug-likeness (QED) is 0.871. The molecule has 0 aromatic heterocycles. The summed E-state index contributed by atoms with van der Waals surface area (Å²) in [6, 6.07) is 11.5. The van der Waals surface area contributed by atoms with Crippen LogP contribution in [-0.2, 0) is 0 Å². The Labute approximate surface area is 133 Å². The van der Waals surface area contributed by atoms with E-state index in [1.54, 1.807) is 17.8 Å². The summed E-state index contributed by atoms with van der Waals surface area (Å²) in [6.07, 6.45) is 2.04. The lowest BCUT2D eigenvalue weighted by Crippen LogP contribution is -2.18. The number of hydrogen-bond donors (Lipinski definition) is 1. The average molecular weight is 322 g/mol. The summed E-state index contributed by atoms with van der Waals surface area (Å²) in [5.41, 5.74) is 8.34. The van der Waals surface area contributed by atoms with Crippen LogP contribution in [0.3, 0.4) is 0 Å². The molecule has 1 unspecified atom stereocenters. The summed E-state index contributed by atoms with van der Waals surface area (Å²) in [6.45, 7) is 1.09. The molecule has 0 saturated carbocycles. The summed E-state index contributed by atoms with van der Waals surface area (Å²) in [5.74, 6) is 1.39. The molecule has 0 spiro atoms. The van der Waals surface area contributed by atoms with Crippen LogP contribution in [0.25, 0.3) is 0 Å². The van der Waals surface area contributed by atoms with Gasteiger partial charge < -0.3 is 15.2 Å². The molecule has 0 saturated heterocycles. The Kier molecular flexibility index (Phi) is 4.29. The van der Waals surface area contributed by atoms with Gasteiger partial charge in [-0.2, -0.15) is 0 Å². The average Bonchev–Trinajstić information content (AvgIpc) is 2.53. The second kappa shape index (κ2) is 6.18. The van der Waals surface area contributed by atoms with Gasteiger partial charge >= 0.3 is 0 Å². The van der Waals surface area contributed by atoms with Gasteiger partial charge in [0.2, 0.25) is 0 Å². The maximum absolute atomic E-state index is 6.43. The molecule has 1 aliphatic rings. The van der Waals surface area contributed by atoms with Crippen LogP contribution in [0.4, 0.5) is 0 Å². The van der Waals surface area contributed by atoms with Gasteiger partial charge in [-0.05, 0) is 29.5 Å².